The van der Waals surface area contributed by atoms with Gasteiger partial charge in [-0.15, -0.1) is 0 Å². The second kappa shape index (κ2) is 4.75. The molecule has 1 aromatic carbocycles. The summed E-state index contributed by atoms with van der Waals surface area (Å²) in [5.41, 5.74) is 8.35. The number of aromatic nitrogens is 3. The number of fused-ring (bicyclic) bond motifs is 6. The molecule has 0 fully saturated rings. The summed E-state index contributed by atoms with van der Waals surface area (Å²) in [6.07, 6.45) is 5.15. The number of carbonyl (C=O) groups excluding carboxylic acids is 1. The number of benzene rings is 1. The minimum atomic E-state index is -0.0309. The first-order chi connectivity index (χ1) is 12.0. The van der Waals surface area contributed by atoms with Gasteiger partial charge in [0.25, 0.3) is 0 Å². The maximum Gasteiger partial charge on any atom is 0.223 e. The van der Waals surface area contributed by atoms with E-state index in [1.807, 2.05) is 11.1 Å². The summed E-state index contributed by atoms with van der Waals surface area (Å²) in [6.45, 7) is 6.82. The zero-order valence-electron chi connectivity index (χ0n) is 14.9. The molecule has 1 amide bonds. The smallest absolute Gasteiger partial charge is 0.223 e. The van der Waals surface area contributed by atoms with Gasteiger partial charge in [0.05, 0.1) is 17.6 Å². The van der Waals surface area contributed by atoms with Gasteiger partial charge in [-0.25, -0.2) is 0 Å². The highest BCUT2D eigenvalue weighted by Crippen LogP contribution is 2.45. The molecular formula is C20H22N4O. The molecule has 2 aromatic heterocycles. The Bertz CT molecular complexity index is 1020. The van der Waals surface area contributed by atoms with Gasteiger partial charge in [0.2, 0.25) is 5.91 Å². The fourth-order valence-electron chi connectivity index (χ4n) is 4.54. The van der Waals surface area contributed by atoms with Crippen molar-refractivity contribution in [3.8, 4) is 11.4 Å². The van der Waals surface area contributed by atoms with Crippen LogP contribution in [0.25, 0.3) is 22.3 Å². The van der Waals surface area contributed by atoms with Crippen LogP contribution in [0.5, 0.6) is 0 Å². The third-order valence-corrected chi connectivity index (χ3v) is 5.82. The molecule has 5 rings (SSSR count). The lowest BCUT2D eigenvalue weighted by Crippen LogP contribution is -2.31. The van der Waals surface area contributed by atoms with E-state index in [9.17, 15) is 4.79 Å². The molecule has 3 aromatic rings. The highest BCUT2D eigenvalue weighted by Gasteiger charge is 2.37. The summed E-state index contributed by atoms with van der Waals surface area (Å²) in [7, 11) is 0. The van der Waals surface area contributed by atoms with Crippen molar-refractivity contribution >= 4 is 22.5 Å². The molecule has 1 aliphatic heterocycles. The molecule has 0 bridgehead atoms. The van der Waals surface area contributed by atoms with Gasteiger partial charge in [0.1, 0.15) is 0 Å². The minimum Gasteiger partial charge on any atom is -0.353 e. The van der Waals surface area contributed by atoms with Gasteiger partial charge in [-0.2, -0.15) is 5.10 Å². The minimum absolute atomic E-state index is 0.0309. The molecule has 0 unspecified atom stereocenters. The molecule has 0 saturated carbocycles. The van der Waals surface area contributed by atoms with E-state index in [0.29, 0.717) is 0 Å². The lowest BCUT2D eigenvalue weighted by Gasteiger charge is -2.19. The van der Waals surface area contributed by atoms with E-state index >= 15 is 0 Å². The van der Waals surface area contributed by atoms with Crippen molar-refractivity contribution in [2.24, 2.45) is 0 Å². The topological polar surface area (TPSA) is 64.8 Å². The molecule has 25 heavy (non-hydrogen) atoms. The number of nitrogens with one attached hydrogen (secondary N) is 2. The SMILES string of the molecule is CC(=O)N1CC(C)(C)c2cc3[nH]c4c(c3cc21)CCCc1cn[nH]c1-4. The molecule has 2 N–H and O–H groups in total. The quantitative estimate of drug-likeness (QED) is 0.658. The number of aryl methyl sites for hydroxylation is 2. The summed E-state index contributed by atoms with van der Waals surface area (Å²) in [5.74, 6) is 0.114. The molecule has 2 aliphatic rings. The van der Waals surface area contributed by atoms with Gasteiger partial charge in [-0.3, -0.25) is 9.89 Å². The largest absolute Gasteiger partial charge is 0.353 e. The highest BCUT2D eigenvalue weighted by atomic mass is 16.2. The fourth-order valence-corrected chi connectivity index (χ4v) is 4.54. The van der Waals surface area contributed by atoms with Crippen LogP contribution in [0.3, 0.4) is 0 Å². The Hall–Kier alpha value is -2.56. The summed E-state index contributed by atoms with van der Waals surface area (Å²) < 4.78 is 0. The van der Waals surface area contributed by atoms with Crippen LogP contribution in [0.15, 0.2) is 18.3 Å². The van der Waals surface area contributed by atoms with Crippen LogP contribution in [0.1, 0.15) is 43.9 Å². The van der Waals surface area contributed by atoms with Crippen molar-refractivity contribution in [1.82, 2.24) is 15.2 Å². The lowest BCUT2D eigenvalue weighted by atomic mass is 9.86. The number of rotatable bonds is 0. The zero-order valence-corrected chi connectivity index (χ0v) is 14.9. The van der Waals surface area contributed by atoms with Crippen molar-refractivity contribution in [3.63, 3.8) is 0 Å². The van der Waals surface area contributed by atoms with Crippen LogP contribution in [-0.4, -0.2) is 27.6 Å². The predicted octanol–water partition coefficient (Wildman–Crippen LogP) is 3.69. The zero-order chi connectivity index (χ0) is 17.3. The number of hydrogen-bond acceptors (Lipinski definition) is 2. The lowest BCUT2D eigenvalue weighted by molar-refractivity contribution is -0.116. The van der Waals surface area contributed by atoms with Gasteiger partial charge in [0.15, 0.2) is 0 Å². The molecule has 0 saturated heterocycles. The molecule has 5 nitrogen and oxygen atoms in total. The van der Waals surface area contributed by atoms with Crippen molar-refractivity contribution in [2.75, 3.05) is 11.4 Å². The van der Waals surface area contributed by atoms with Crippen LogP contribution >= 0.6 is 0 Å². The van der Waals surface area contributed by atoms with Crippen LogP contribution in [0, 0.1) is 0 Å². The average molecular weight is 334 g/mol. The van der Waals surface area contributed by atoms with Crippen LogP contribution < -0.4 is 4.90 Å². The molecule has 0 spiro atoms. The number of hydrogen-bond donors (Lipinski definition) is 2. The summed E-state index contributed by atoms with van der Waals surface area (Å²) in [6, 6.07) is 4.47. The Labute approximate surface area is 146 Å². The predicted molar refractivity (Wildman–Crippen MR) is 99.0 cm³/mol. The number of H-pyrrole nitrogens is 2. The van der Waals surface area contributed by atoms with Gasteiger partial charge in [-0.1, -0.05) is 13.8 Å². The number of carbonyl (C=O) groups is 1. The summed E-state index contributed by atoms with van der Waals surface area (Å²) >= 11 is 0. The molecule has 3 heterocycles. The third-order valence-electron chi connectivity index (χ3n) is 5.82. The highest BCUT2D eigenvalue weighted by molar-refractivity contribution is 6.01. The first-order valence-electron chi connectivity index (χ1n) is 8.95. The maximum absolute atomic E-state index is 12.1. The monoisotopic (exact) mass is 334 g/mol. The maximum atomic E-state index is 12.1. The molecular weight excluding hydrogens is 312 g/mol. The second-order valence-electron chi connectivity index (χ2n) is 8.01. The fraction of sp³-hybridized carbons (Fsp3) is 0.400. The molecule has 5 heteroatoms. The van der Waals surface area contributed by atoms with Gasteiger partial charge < -0.3 is 9.88 Å². The van der Waals surface area contributed by atoms with Crippen LogP contribution in [-0.2, 0) is 23.1 Å². The van der Waals surface area contributed by atoms with E-state index in [0.717, 1.165) is 48.4 Å². The Morgan fingerprint density at radius 3 is 2.88 bits per heavy atom. The van der Waals surface area contributed by atoms with E-state index in [1.165, 1.54) is 22.1 Å². The van der Waals surface area contributed by atoms with E-state index in [4.69, 9.17) is 0 Å². The second-order valence-corrected chi connectivity index (χ2v) is 8.01. The molecule has 0 radical (unpaired) electrons. The number of amides is 1. The standard InChI is InChI=1S/C20H22N4O/c1-11(25)24-10-20(2,3)15-8-16-14(7-17(15)24)13-6-4-5-12-9-21-23-18(12)19(13)22-16/h7-9,22H,4-6,10H2,1-3H3,(H,21,23). The van der Waals surface area contributed by atoms with Crippen LogP contribution in [0.2, 0.25) is 0 Å². The molecule has 0 atom stereocenters. The van der Waals surface area contributed by atoms with Gasteiger partial charge >= 0.3 is 0 Å². The first-order valence-corrected chi connectivity index (χ1v) is 8.95. The molecule has 1 aliphatic carbocycles. The summed E-state index contributed by atoms with van der Waals surface area (Å²) in [5, 5.41) is 8.64. The van der Waals surface area contributed by atoms with Crippen LogP contribution in [0.4, 0.5) is 5.69 Å². The third kappa shape index (κ3) is 1.95. The first kappa shape index (κ1) is 14.8. The number of anilines is 1. The average Bonchev–Trinajstić information content (AvgIpc) is 3.19. The van der Waals surface area contributed by atoms with E-state index in [1.54, 1.807) is 6.92 Å². The normalized spacial score (nSPS) is 18.0. The summed E-state index contributed by atoms with van der Waals surface area (Å²) in [4.78, 5) is 17.7. The van der Waals surface area contributed by atoms with E-state index in [-0.39, 0.29) is 11.3 Å². The van der Waals surface area contributed by atoms with Crippen molar-refractivity contribution in [2.45, 2.75) is 45.4 Å². The number of nitrogens with zero attached hydrogens (tertiary/aromatic N) is 2. The Balaban J connectivity index is 1.80. The van der Waals surface area contributed by atoms with Crippen molar-refractivity contribution < 1.29 is 4.79 Å². The Morgan fingerprint density at radius 1 is 1.24 bits per heavy atom. The molecule has 128 valence electrons. The van der Waals surface area contributed by atoms with E-state index in [2.05, 4.69) is 41.2 Å². The van der Waals surface area contributed by atoms with Crippen molar-refractivity contribution in [3.05, 3.63) is 35.0 Å². The Kier molecular flexibility index (Phi) is 2.80. The number of aromatic amines is 2. The van der Waals surface area contributed by atoms with E-state index < -0.39 is 0 Å². The van der Waals surface area contributed by atoms with Gasteiger partial charge in [0, 0.05) is 35.5 Å². The van der Waals surface area contributed by atoms with Crippen molar-refractivity contribution in [1.29, 1.82) is 0 Å². The van der Waals surface area contributed by atoms with Gasteiger partial charge in [-0.05, 0) is 48.1 Å². The Morgan fingerprint density at radius 2 is 2.08 bits per heavy atom.